The summed E-state index contributed by atoms with van der Waals surface area (Å²) in [7, 11) is 0. The van der Waals surface area contributed by atoms with E-state index in [1.54, 1.807) is 9.58 Å². The van der Waals surface area contributed by atoms with Crippen LogP contribution in [0.3, 0.4) is 0 Å². The Balaban J connectivity index is 1.45. The van der Waals surface area contributed by atoms with E-state index in [0.717, 1.165) is 0 Å². The van der Waals surface area contributed by atoms with Crippen molar-refractivity contribution in [3.8, 4) is 0 Å². The number of amides is 2. The zero-order chi connectivity index (χ0) is 25.6. The molecule has 1 saturated heterocycles. The van der Waals surface area contributed by atoms with Crippen LogP contribution in [-0.2, 0) is 4.74 Å². The molecule has 13 heteroatoms. The molecule has 4 heterocycles. The normalized spacial score (nSPS) is 16.4. The zero-order valence-corrected chi connectivity index (χ0v) is 20.0. The van der Waals surface area contributed by atoms with Crippen molar-refractivity contribution in [3.63, 3.8) is 0 Å². The van der Waals surface area contributed by atoms with Gasteiger partial charge in [-0.25, -0.2) is 23.8 Å². The van der Waals surface area contributed by atoms with E-state index < -0.39 is 23.4 Å². The Hall–Kier alpha value is -4.29. The number of aromatic nitrogens is 5. The maximum atomic E-state index is 13.5. The van der Waals surface area contributed by atoms with Crippen LogP contribution in [0.4, 0.5) is 21.0 Å². The van der Waals surface area contributed by atoms with Crippen LogP contribution in [0.2, 0.25) is 0 Å². The standard InChI is InChI=1S/C23H25FN8O4/c1-23(2,3)36-22(34)31-8-4-5-13(10-31)32-19-16(18(25)26-11-27-19)17(30-32)20(33)29-21-28-14-9-12(24)6-7-15(14)35-21/h6-7,9,11,13H,4-5,8,10H2,1-3H3,(H2,25,26,27)(H,28,29,33)/t13-/m1/s1. The Morgan fingerprint density at radius 1 is 1.28 bits per heavy atom. The number of nitrogen functional groups attached to an aromatic ring is 1. The molecule has 1 fully saturated rings. The fourth-order valence-corrected chi connectivity index (χ4v) is 4.17. The lowest BCUT2D eigenvalue weighted by atomic mass is 10.1. The maximum Gasteiger partial charge on any atom is 0.410 e. The molecule has 5 rings (SSSR count). The molecule has 1 atom stereocenters. The number of hydrogen-bond acceptors (Lipinski definition) is 9. The summed E-state index contributed by atoms with van der Waals surface area (Å²) in [6, 6.07) is 3.47. The second-order valence-electron chi connectivity index (χ2n) is 9.56. The summed E-state index contributed by atoms with van der Waals surface area (Å²) in [6.45, 7) is 6.31. The van der Waals surface area contributed by atoms with Gasteiger partial charge in [-0.15, -0.1) is 0 Å². The highest BCUT2D eigenvalue weighted by Crippen LogP contribution is 2.30. The first-order valence-electron chi connectivity index (χ1n) is 11.4. The van der Waals surface area contributed by atoms with Gasteiger partial charge in [0.15, 0.2) is 16.9 Å². The quantitative estimate of drug-likeness (QED) is 0.433. The predicted octanol–water partition coefficient (Wildman–Crippen LogP) is 3.51. The molecule has 0 saturated carbocycles. The minimum atomic E-state index is -0.646. The number of benzene rings is 1. The van der Waals surface area contributed by atoms with Gasteiger partial charge < -0.3 is 19.8 Å². The van der Waals surface area contributed by atoms with Gasteiger partial charge in [-0.3, -0.25) is 10.1 Å². The minimum Gasteiger partial charge on any atom is -0.444 e. The third-order valence-corrected chi connectivity index (χ3v) is 5.70. The molecule has 0 spiro atoms. The molecule has 4 aromatic rings. The van der Waals surface area contributed by atoms with Gasteiger partial charge in [0.25, 0.3) is 5.91 Å². The first-order chi connectivity index (χ1) is 17.1. The number of oxazole rings is 1. The van der Waals surface area contributed by atoms with Crippen LogP contribution in [0.1, 0.15) is 50.1 Å². The average Bonchev–Trinajstić information content (AvgIpc) is 3.39. The van der Waals surface area contributed by atoms with E-state index in [4.69, 9.17) is 14.9 Å². The smallest absolute Gasteiger partial charge is 0.410 e. The minimum absolute atomic E-state index is 0.0223. The van der Waals surface area contributed by atoms with Crippen molar-refractivity contribution >= 4 is 46.0 Å². The summed E-state index contributed by atoms with van der Waals surface area (Å²) < 4.78 is 26.1. The number of nitrogens with zero attached hydrogens (tertiary/aromatic N) is 6. The van der Waals surface area contributed by atoms with Gasteiger partial charge in [-0.05, 0) is 45.7 Å². The zero-order valence-electron chi connectivity index (χ0n) is 20.0. The van der Waals surface area contributed by atoms with Crippen LogP contribution in [0.5, 0.6) is 0 Å². The number of likely N-dealkylation sites (tertiary alicyclic amines) is 1. The molecule has 0 aliphatic carbocycles. The molecule has 188 valence electrons. The molecule has 0 bridgehead atoms. The summed E-state index contributed by atoms with van der Waals surface area (Å²) in [4.78, 5) is 39.9. The molecule has 1 aliphatic rings. The largest absolute Gasteiger partial charge is 0.444 e. The molecule has 12 nitrogen and oxygen atoms in total. The summed E-state index contributed by atoms with van der Waals surface area (Å²) in [5.74, 6) is -1.04. The summed E-state index contributed by atoms with van der Waals surface area (Å²) in [5.41, 5.74) is 6.40. The Bertz CT molecular complexity index is 1470. The van der Waals surface area contributed by atoms with Crippen molar-refractivity contribution in [1.29, 1.82) is 0 Å². The lowest BCUT2D eigenvalue weighted by Crippen LogP contribution is -2.43. The van der Waals surface area contributed by atoms with Crippen LogP contribution in [0, 0.1) is 5.82 Å². The van der Waals surface area contributed by atoms with Crippen molar-refractivity contribution in [1.82, 2.24) is 29.6 Å². The first-order valence-corrected chi connectivity index (χ1v) is 11.4. The number of fused-ring (bicyclic) bond motifs is 2. The second-order valence-corrected chi connectivity index (χ2v) is 9.56. The Labute approximate surface area is 204 Å². The molecule has 0 unspecified atom stereocenters. The predicted molar refractivity (Wildman–Crippen MR) is 128 cm³/mol. The number of rotatable bonds is 3. The molecule has 2 amide bonds. The van der Waals surface area contributed by atoms with Gasteiger partial charge in [-0.1, -0.05) is 0 Å². The lowest BCUT2D eigenvalue weighted by Gasteiger charge is -2.34. The number of nitrogens with one attached hydrogen (secondary N) is 1. The van der Waals surface area contributed by atoms with Crippen LogP contribution >= 0.6 is 0 Å². The number of ether oxygens (including phenoxy) is 1. The molecular weight excluding hydrogens is 471 g/mol. The molecule has 36 heavy (non-hydrogen) atoms. The fraction of sp³-hybridized carbons (Fsp3) is 0.391. The highest BCUT2D eigenvalue weighted by atomic mass is 19.1. The van der Waals surface area contributed by atoms with Crippen molar-refractivity contribution in [2.24, 2.45) is 0 Å². The van der Waals surface area contributed by atoms with E-state index in [0.29, 0.717) is 37.2 Å². The number of hydrogen-bond donors (Lipinski definition) is 2. The average molecular weight is 497 g/mol. The second kappa shape index (κ2) is 8.73. The number of anilines is 2. The van der Waals surface area contributed by atoms with Gasteiger partial charge in [-0.2, -0.15) is 10.1 Å². The first kappa shape index (κ1) is 23.5. The number of piperidine rings is 1. The lowest BCUT2D eigenvalue weighted by molar-refractivity contribution is 0.0168. The highest BCUT2D eigenvalue weighted by molar-refractivity contribution is 6.12. The van der Waals surface area contributed by atoms with Gasteiger partial charge in [0.2, 0.25) is 0 Å². The number of carbonyl (C=O) groups is 2. The van der Waals surface area contributed by atoms with Crippen molar-refractivity contribution < 1.29 is 23.1 Å². The third-order valence-electron chi connectivity index (χ3n) is 5.70. The third kappa shape index (κ3) is 4.51. The highest BCUT2D eigenvalue weighted by Gasteiger charge is 2.32. The summed E-state index contributed by atoms with van der Waals surface area (Å²) in [5, 5.41) is 7.34. The number of carbonyl (C=O) groups excluding carboxylic acids is 2. The van der Waals surface area contributed by atoms with Crippen LogP contribution in [0.25, 0.3) is 22.1 Å². The van der Waals surface area contributed by atoms with Gasteiger partial charge >= 0.3 is 12.1 Å². The van der Waals surface area contributed by atoms with E-state index in [-0.39, 0.29) is 34.5 Å². The Morgan fingerprint density at radius 2 is 2.08 bits per heavy atom. The monoisotopic (exact) mass is 496 g/mol. The van der Waals surface area contributed by atoms with E-state index >= 15 is 0 Å². The molecule has 3 N–H and O–H groups in total. The van der Waals surface area contributed by atoms with Crippen molar-refractivity contribution in [2.75, 3.05) is 24.1 Å². The molecule has 0 radical (unpaired) electrons. The topological polar surface area (TPSA) is 154 Å². The maximum absolute atomic E-state index is 13.5. The summed E-state index contributed by atoms with van der Waals surface area (Å²) >= 11 is 0. The summed E-state index contributed by atoms with van der Waals surface area (Å²) in [6.07, 6.45) is 2.30. The molecule has 1 aromatic carbocycles. The Kier molecular flexibility index (Phi) is 5.69. The van der Waals surface area contributed by atoms with Crippen LogP contribution in [0.15, 0.2) is 28.9 Å². The van der Waals surface area contributed by atoms with E-state index in [2.05, 4.69) is 25.4 Å². The number of halogens is 1. The van der Waals surface area contributed by atoms with E-state index in [1.807, 2.05) is 20.8 Å². The van der Waals surface area contributed by atoms with Crippen LogP contribution < -0.4 is 11.1 Å². The molecule has 3 aromatic heterocycles. The van der Waals surface area contributed by atoms with Crippen molar-refractivity contribution in [2.45, 2.75) is 45.3 Å². The van der Waals surface area contributed by atoms with E-state index in [1.165, 1.54) is 24.5 Å². The Morgan fingerprint density at radius 3 is 2.86 bits per heavy atom. The molecular formula is C23H25FN8O4. The SMILES string of the molecule is CC(C)(C)OC(=O)N1CCC[C@@H](n2nc(C(=O)Nc3nc4cc(F)ccc4o3)c3c(N)ncnc32)C1. The van der Waals surface area contributed by atoms with E-state index in [9.17, 15) is 14.0 Å². The van der Waals surface area contributed by atoms with Crippen LogP contribution in [-0.4, -0.2) is 60.3 Å². The van der Waals surface area contributed by atoms with Crippen molar-refractivity contribution in [3.05, 3.63) is 36.0 Å². The van der Waals surface area contributed by atoms with Gasteiger partial charge in [0.1, 0.15) is 29.1 Å². The fourth-order valence-electron chi connectivity index (χ4n) is 4.17. The number of nitrogens with two attached hydrogens (primary N) is 1. The van der Waals surface area contributed by atoms with Gasteiger partial charge in [0, 0.05) is 19.2 Å². The molecule has 1 aliphatic heterocycles. The van der Waals surface area contributed by atoms with Gasteiger partial charge in [0.05, 0.1) is 11.4 Å².